The minimum Gasteiger partial charge on any atom is -0.294 e. The molecule has 0 aliphatic carbocycles. The summed E-state index contributed by atoms with van der Waals surface area (Å²) >= 11 is 1.85. The van der Waals surface area contributed by atoms with Gasteiger partial charge in [-0.05, 0) is 44.7 Å². The molecule has 1 nitrogen and oxygen atoms in total. The minimum absolute atomic E-state index is 0.272. The molecule has 0 aliphatic rings. The molecule has 0 bridgehead atoms. The van der Waals surface area contributed by atoms with Crippen LogP contribution in [0.25, 0.3) is 10.1 Å². The molecule has 94 valence electrons. The SMILES string of the molecule is C#CC(C)(C)NC(C)c1sc2ccccc2c1C. The highest BCUT2D eigenvalue weighted by molar-refractivity contribution is 7.19. The van der Waals surface area contributed by atoms with E-state index in [1.807, 2.05) is 25.2 Å². The van der Waals surface area contributed by atoms with Gasteiger partial charge in [-0.25, -0.2) is 0 Å². The third-order valence-electron chi connectivity index (χ3n) is 3.21. The van der Waals surface area contributed by atoms with Crippen LogP contribution in [0.3, 0.4) is 0 Å². The van der Waals surface area contributed by atoms with Crippen molar-refractivity contribution >= 4 is 21.4 Å². The van der Waals surface area contributed by atoms with Crippen LogP contribution in [-0.4, -0.2) is 5.54 Å². The molecule has 1 aromatic carbocycles. The largest absolute Gasteiger partial charge is 0.294 e. The van der Waals surface area contributed by atoms with Crippen LogP contribution >= 0.6 is 11.3 Å². The molecule has 2 rings (SSSR count). The highest BCUT2D eigenvalue weighted by atomic mass is 32.1. The second kappa shape index (κ2) is 4.76. The molecule has 2 aromatic rings. The van der Waals surface area contributed by atoms with Crippen LogP contribution in [0.15, 0.2) is 24.3 Å². The molecule has 0 radical (unpaired) electrons. The fourth-order valence-corrected chi connectivity index (χ4v) is 3.47. The number of fused-ring (bicyclic) bond motifs is 1. The van der Waals surface area contributed by atoms with Gasteiger partial charge in [-0.1, -0.05) is 24.1 Å². The molecular formula is C16H19NS. The average molecular weight is 257 g/mol. The van der Waals surface area contributed by atoms with Crippen molar-refractivity contribution in [2.24, 2.45) is 0 Å². The van der Waals surface area contributed by atoms with E-state index in [1.54, 1.807) is 0 Å². The number of hydrogen-bond donors (Lipinski definition) is 1. The minimum atomic E-state index is -0.276. The molecule has 18 heavy (non-hydrogen) atoms. The van der Waals surface area contributed by atoms with Crippen molar-refractivity contribution in [2.75, 3.05) is 0 Å². The molecule has 0 spiro atoms. The molecule has 1 heterocycles. The van der Waals surface area contributed by atoms with Crippen molar-refractivity contribution in [1.29, 1.82) is 0 Å². The zero-order valence-corrected chi connectivity index (χ0v) is 12.2. The molecular weight excluding hydrogens is 238 g/mol. The lowest BCUT2D eigenvalue weighted by atomic mass is 10.0. The van der Waals surface area contributed by atoms with Gasteiger partial charge in [-0.3, -0.25) is 5.32 Å². The third-order valence-corrected chi connectivity index (χ3v) is 4.67. The van der Waals surface area contributed by atoms with Gasteiger partial charge in [0.2, 0.25) is 0 Å². The van der Waals surface area contributed by atoms with Gasteiger partial charge in [-0.15, -0.1) is 17.8 Å². The first kappa shape index (κ1) is 13.1. The molecule has 0 saturated carbocycles. The van der Waals surface area contributed by atoms with Crippen LogP contribution in [0.5, 0.6) is 0 Å². The lowest BCUT2D eigenvalue weighted by Gasteiger charge is -2.25. The summed E-state index contributed by atoms with van der Waals surface area (Å²) in [5, 5.41) is 4.85. The number of nitrogens with one attached hydrogen (secondary N) is 1. The molecule has 1 atom stereocenters. The Morgan fingerprint density at radius 3 is 2.61 bits per heavy atom. The van der Waals surface area contributed by atoms with E-state index < -0.39 is 0 Å². The number of aryl methyl sites for hydroxylation is 1. The molecule has 1 unspecified atom stereocenters. The number of thiophene rings is 1. The van der Waals surface area contributed by atoms with Crippen molar-refractivity contribution in [3.05, 3.63) is 34.7 Å². The van der Waals surface area contributed by atoms with Gasteiger partial charge in [0.05, 0.1) is 5.54 Å². The highest BCUT2D eigenvalue weighted by Crippen LogP contribution is 2.35. The first-order valence-corrected chi connectivity index (χ1v) is 7.00. The van der Waals surface area contributed by atoms with Gasteiger partial charge in [0.25, 0.3) is 0 Å². The van der Waals surface area contributed by atoms with Crippen LogP contribution in [0.2, 0.25) is 0 Å². The lowest BCUT2D eigenvalue weighted by Crippen LogP contribution is -2.39. The Hall–Kier alpha value is -1.30. The number of benzene rings is 1. The number of terminal acetylenes is 1. The summed E-state index contributed by atoms with van der Waals surface area (Å²) in [6, 6.07) is 8.81. The molecule has 1 aromatic heterocycles. The molecule has 0 saturated heterocycles. The van der Waals surface area contributed by atoms with E-state index in [9.17, 15) is 0 Å². The fourth-order valence-electron chi connectivity index (χ4n) is 2.25. The van der Waals surface area contributed by atoms with E-state index in [0.717, 1.165) is 0 Å². The second-order valence-electron chi connectivity index (χ2n) is 5.22. The van der Waals surface area contributed by atoms with Gasteiger partial charge >= 0.3 is 0 Å². The quantitative estimate of drug-likeness (QED) is 0.810. The van der Waals surface area contributed by atoms with E-state index in [1.165, 1.54) is 20.5 Å². The number of hydrogen-bond acceptors (Lipinski definition) is 2. The Balaban J connectivity index is 2.37. The van der Waals surface area contributed by atoms with Crippen molar-refractivity contribution in [3.63, 3.8) is 0 Å². The zero-order valence-electron chi connectivity index (χ0n) is 11.4. The van der Waals surface area contributed by atoms with Crippen LogP contribution in [0.4, 0.5) is 0 Å². The predicted molar refractivity (Wildman–Crippen MR) is 81.0 cm³/mol. The Morgan fingerprint density at radius 2 is 2.00 bits per heavy atom. The Morgan fingerprint density at radius 1 is 1.33 bits per heavy atom. The first-order chi connectivity index (χ1) is 8.44. The normalized spacial score (nSPS) is 13.5. The smallest absolute Gasteiger partial charge is 0.0746 e. The standard InChI is InChI=1S/C16H19NS/c1-6-16(4,5)17-12(3)15-11(2)13-9-7-8-10-14(13)18-15/h1,7-10,12,17H,2-5H3. The van der Waals surface area contributed by atoms with E-state index in [0.29, 0.717) is 0 Å². The summed E-state index contributed by atoms with van der Waals surface area (Å²) in [6.07, 6.45) is 5.54. The zero-order chi connectivity index (χ0) is 13.3. The summed E-state index contributed by atoms with van der Waals surface area (Å²) < 4.78 is 1.34. The van der Waals surface area contributed by atoms with Crippen LogP contribution in [-0.2, 0) is 0 Å². The van der Waals surface area contributed by atoms with Crippen molar-refractivity contribution in [1.82, 2.24) is 5.32 Å². The molecule has 1 N–H and O–H groups in total. The van der Waals surface area contributed by atoms with Gasteiger partial charge in [0.1, 0.15) is 0 Å². The van der Waals surface area contributed by atoms with Crippen LogP contribution in [0, 0.1) is 19.3 Å². The third kappa shape index (κ3) is 2.43. The predicted octanol–water partition coefficient (Wildman–Crippen LogP) is 4.27. The summed E-state index contributed by atoms with van der Waals surface area (Å²) in [7, 11) is 0. The molecule has 0 aliphatic heterocycles. The average Bonchev–Trinajstić information content (AvgIpc) is 2.67. The first-order valence-electron chi connectivity index (χ1n) is 6.18. The summed E-state index contributed by atoms with van der Waals surface area (Å²) in [5.41, 5.74) is 1.09. The maximum absolute atomic E-state index is 5.54. The highest BCUT2D eigenvalue weighted by Gasteiger charge is 2.21. The van der Waals surface area contributed by atoms with Gasteiger partial charge in [0, 0.05) is 15.6 Å². The molecule has 0 fully saturated rings. The van der Waals surface area contributed by atoms with Crippen molar-refractivity contribution < 1.29 is 0 Å². The fraction of sp³-hybridized carbons (Fsp3) is 0.375. The maximum Gasteiger partial charge on any atom is 0.0746 e. The van der Waals surface area contributed by atoms with E-state index >= 15 is 0 Å². The van der Waals surface area contributed by atoms with Crippen molar-refractivity contribution in [3.8, 4) is 12.3 Å². The summed E-state index contributed by atoms with van der Waals surface area (Å²) in [6.45, 7) is 8.43. The lowest BCUT2D eigenvalue weighted by molar-refractivity contribution is 0.435. The van der Waals surface area contributed by atoms with E-state index in [2.05, 4.69) is 49.4 Å². The monoisotopic (exact) mass is 257 g/mol. The van der Waals surface area contributed by atoms with Crippen LogP contribution < -0.4 is 5.32 Å². The Bertz CT molecular complexity index is 601. The van der Waals surface area contributed by atoms with Gasteiger partial charge < -0.3 is 0 Å². The van der Waals surface area contributed by atoms with Gasteiger partial charge in [0.15, 0.2) is 0 Å². The van der Waals surface area contributed by atoms with E-state index in [-0.39, 0.29) is 11.6 Å². The Labute approximate surface area is 113 Å². The van der Waals surface area contributed by atoms with Gasteiger partial charge in [-0.2, -0.15) is 0 Å². The number of rotatable bonds is 3. The molecule has 2 heteroatoms. The summed E-state index contributed by atoms with van der Waals surface area (Å²) in [5.74, 6) is 2.79. The van der Waals surface area contributed by atoms with Crippen molar-refractivity contribution in [2.45, 2.75) is 39.3 Å². The molecule has 0 amide bonds. The van der Waals surface area contributed by atoms with Crippen LogP contribution in [0.1, 0.15) is 37.3 Å². The topological polar surface area (TPSA) is 12.0 Å². The Kier molecular flexibility index (Phi) is 3.47. The van der Waals surface area contributed by atoms with E-state index in [4.69, 9.17) is 6.42 Å². The summed E-state index contributed by atoms with van der Waals surface area (Å²) in [4.78, 5) is 1.37. The maximum atomic E-state index is 5.54. The second-order valence-corrected chi connectivity index (χ2v) is 6.31.